The van der Waals surface area contributed by atoms with Gasteiger partial charge in [0.2, 0.25) is 0 Å². The molecule has 1 N–H and O–H groups in total. The number of alkyl halides is 2. The Morgan fingerprint density at radius 3 is 2.48 bits per heavy atom. The van der Waals surface area contributed by atoms with E-state index in [0.29, 0.717) is 15.7 Å². The zero-order valence-electron chi connectivity index (χ0n) is 11.6. The average molecular weight is 362 g/mol. The second-order valence-electron chi connectivity index (χ2n) is 4.31. The monoisotopic (exact) mass is 361 g/mol. The van der Waals surface area contributed by atoms with Gasteiger partial charge in [0.15, 0.2) is 6.61 Å². The van der Waals surface area contributed by atoms with Gasteiger partial charge in [-0.3, -0.25) is 4.79 Å². The average Bonchev–Trinajstić information content (AvgIpc) is 2.50. The number of ether oxygens (including phenoxy) is 2. The minimum atomic E-state index is -2.90. The van der Waals surface area contributed by atoms with Crippen molar-refractivity contribution in [2.24, 2.45) is 0 Å². The van der Waals surface area contributed by atoms with Gasteiger partial charge in [0.25, 0.3) is 5.91 Å². The van der Waals surface area contributed by atoms with E-state index in [4.69, 9.17) is 27.9 Å². The van der Waals surface area contributed by atoms with Crippen molar-refractivity contribution in [3.8, 4) is 11.5 Å². The Labute approximate surface area is 140 Å². The lowest BCUT2D eigenvalue weighted by Crippen LogP contribution is -2.20. The van der Waals surface area contributed by atoms with Crippen LogP contribution in [-0.4, -0.2) is 19.1 Å². The van der Waals surface area contributed by atoms with Gasteiger partial charge in [-0.05, 0) is 36.4 Å². The maximum atomic E-state index is 12.0. The van der Waals surface area contributed by atoms with Gasteiger partial charge < -0.3 is 14.8 Å². The first kappa shape index (κ1) is 17.3. The molecule has 2 rings (SSSR count). The first-order valence-corrected chi connectivity index (χ1v) is 7.12. The molecular formula is C15H11Cl2F2NO3. The Morgan fingerprint density at radius 2 is 1.83 bits per heavy atom. The van der Waals surface area contributed by atoms with E-state index >= 15 is 0 Å². The summed E-state index contributed by atoms with van der Waals surface area (Å²) in [6.07, 6.45) is 0. The van der Waals surface area contributed by atoms with Crippen molar-refractivity contribution in [1.29, 1.82) is 0 Å². The molecule has 0 aliphatic heterocycles. The van der Waals surface area contributed by atoms with Crippen LogP contribution in [0.15, 0.2) is 42.5 Å². The van der Waals surface area contributed by atoms with E-state index < -0.39 is 12.5 Å². The van der Waals surface area contributed by atoms with Gasteiger partial charge in [0.05, 0.1) is 5.02 Å². The molecule has 122 valence electrons. The number of amides is 1. The maximum absolute atomic E-state index is 12.0. The van der Waals surface area contributed by atoms with E-state index in [2.05, 4.69) is 10.1 Å². The molecule has 0 radical (unpaired) electrons. The molecule has 0 bridgehead atoms. The smallest absolute Gasteiger partial charge is 0.387 e. The number of carbonyl (C=O) groups is 1. The van der Waals surface area contributed by atoms with Crippen LogP contribution in [-0.2, 0) is 4.79 Å². The number of hydrogen-bond acceptors (Lipinski definition) is 3. The standard InChI is InChI=1S/C15H11Cl2F2NO3/c16-9-1-6-12(17)13(7-9)22-8-14(21)20-10-2-4-11(5-3-10)23-15(18)19/h1-7,15H,8H2,(H,20,21). The van der Waals surface area contributed by atoms with Crippen LogP contribution in [0.1, 0.15) is 0 Å². The van der Waals surface area contributed by atoms with Gasteiger partial charge in [-0.1, -0.05) is 23.2 Å². The molecule has 2 aromatic carbocycles. The van der Waals surface area contributed by atoms with E-state index in [-0.39, 0.29) is 18.1 Å². The van der Waals surface area contributed by atoms with Gasteiger partial charge >= 0.3 is 6.61 Å². The highest BCUT2D eigenvalue weighted by Gasteiger charge is 2.08. The predicted molar refractivity (Wildman–Crippen MR) is 83.7 cm³/mol. The quantitative estimate of drug-likeness (QED) is 0.816. The van der Waals surface area contributed by atoms with Crippen LogP contribution in [0.5, 0.6) is 11.5 Å². The summed E-state index contributed by atoms with van der Waals surface area (Å²) in [7, 11) is 0. The van der Waals surface area contributed by atoms with Crippen molar-refractivity contribution < 1.29 is 23.0 Å². The summed E-state index contributed by atoms with van der Waals surface area (Å²) in [6, 6.07) is 10.1. The van der Waals surface area contributed by atoms with Crippen molar-refractivity contribution in [2.75, 3.05) is 11.9 Å². The van der Waals surface area contributed by atoms with Crippen molar-refractivity contribution in [3.05, 3.63) is 52.5 Å². The number of carbonyl (C=O) groups excluding carboxylic acids is 1. The summed E-state index contributed by atoms with van der Waals surface area (Å²) in [5.41, 5.74) is 0.414. The molecule has 8 heteroatoms. The SMILES string of the molecule is O=C(COc1cc(Cl)ccc1Cl)Nc1ccc(OC(F)F)cc1. The number of benzene rings is 2. The summed E-state index contributed by atoms with van der Waals surface area (Å²) in [5, 5.41) is 3.30. The van der Waals surface area contributed by atoms with E-state index in [9.17, 15) is 13.6 Å². The fraction of sp³-hybridized carbons (Fsp3) is 0.133. The maximum Gasteiger partial charge on any atom is 0.387 e. The fourth-order valence-corrected chi connectivity index (χ4v) is 1.98. The third kappa shape index (κ3) is 5.58. The van der Waals surface area contributed by atoms with Crippen LogP contribution in [0.4, 0.5) is 14.5 Å². The van der Waals surface area contributed by atoms with Gasteiger partial charge in [-0.25, -0.2) is 0 Å². The third-order valence-corrected chi connectivity index (χ3v) is 3.16. The van der Waals surface area contributed by atoms with E-state index in [1.54, 1.807) is 12.1 Å². The number of rotatable bonds is 6. The van der Waals surface area contributed by atoms with Crippen LogP contribution < -0.4 is 14.8 Å². The van der Waals surface area contributed by atoms with E-state index in [0.717, 1.165) is 0 Å². The van der Waals surface area contributed by atoms with Crippen molar-refractivity contribution >= 4 is 34.8 Å². The third-order valence-electron chi connectivity index (χ3n) is 2.62. The highest BCUT2D eigenvalue weighted by Crippen LogP contribution is 2.27. The van der Waals surface area contributed by atoms with Gasteiger partial charge in [-0.15, -0.1) is 0 Å². The van der Waals surface area contributed by atoms with Crippen LogP contribution in [0.25, 0.3) is 0 Å². The van der Waals surface area contributed by atoms with Crippen LogP contribution >= 0.6 is 23.2 Å². The molecule has 0 unspecified atom stereocenters. The predicted octanol–water partition coefficient (Wildman–Crippen LogP) is 4.61. The highest BCUT2D eigenvalue weighted by atomic mass is 35.5. The van der Waals surface area contributed by atoms with E-state index in [1.807, 2.05) is 0 Å². The zero-order chi connectivity index (χ0) is 16.8. The summed E-state index contributed by atoms with van der Waals surface area (Å²) in [4.78, 5) is 11.8. The summed E-state index contributed by atoms with van der Waals surface area (Å²) < 4.78 is 33.5. The summed E-state index contributed by atoms with van der Waals surface area (Å²) in [6.45, 7) is -3.18. The Balaban J connectivity index is 1.88. The Morgan fingerprint density at radius 1 is 1.13 bits per heavy atom. The molecular weight excluding hydrogens is 351 g/mol. The zero-order valence-corrected chi connectivity index (χ0v) is 13.1. The van der Waals surface area contributed by atoms with Gasteiger partial charge in [0.1, 0.15) is 11.5 Å². The number of anilines is 1. The van der Waals surface area contributed by atoms with Crippen molar-refractivity contribution in [2.45, 2.75) is 6.61 Å². The van der Waals surface area contributed by atoms with Crippen molar-refractivity contribution in [3.63, 3.8) is 0 Å². The lowest BCUT2D eigenvalue weighted by Gasteiger charge is -2.10. The second-order valence-corrected chi connectivity index (χ2v) is 5.16. The Kier molecular flexibility index (Phi) is 6.01. The molecule has 0 heterocycles. The first-order chi connectivity index (χ1) is 10.9. The molecule has 0 spiro atoms. The fourth-order valence-electron chi connectivity index (χ4n) is 1.65. The number of nitrogens with one attached hydrogen (secondary N) is 1. The first-order valence-electron chi connectivity index (χ1n) is 6.36. The van der Waals surface area contributed by atoms with Gasteiger partial charge in [-0.2, -0.15) is 8.78 Å². The largest absolute Gasteiger partial charge is 0.482 e. The lowest BCUT2D eigenvalue weighted by atomic mass is 10.3. The topological polar surface area (TPSA) is 47.6 Å². The highest BCUT2D eigenvalue weighted by molar-refractivity contribution is 6.34. The summed E-state index contributed by atoms with van der Waals surface area (Å²) >= 11 is 11.7. The summed E-state index contributed by atoms with van der Waals surface area (Å²) in [5.74, 6) is -0.154. The number of halogens is 4. The minimum Gasteiger partial charge on any atom is -0.482 e. The lowest BCUT2D eigenvalue weighted by molar-refractivity contribution is -0.118. The van der Waals surface area contributed by atoms with Crippen LogP contribution in [0.3, 0.4) is 0 Å². The molecule has 2 aromatic rings. The Hall–Kier alpha value is -2.05. The molecule has 1 amide bonds. The Bertz CT molecular complexity index is 681. The molecule has 0 saturated carbocycles. The molecule has 0 fully saturated rings. The number of hydrogen-bond donors (Lipinski definition) is 1. The molecule has 0 atom stereocenters. The van der Waals surface area contributed by atoms with Gasteiger partial charge in [0, 0.05) is 16.8 Å². The van der Waals surface area contributed by atoms with E-state index in [1.165, 1.54) is 30.3 Å². The second kappa shape index (κ2) is 7.99. The molecule has 0 aliphatic carbocycles. The normalized spacial score (nSPS) is 10.5. The molecule has 0 aromatic heterocycles. The minimum absolute atomic E-state index is 0.0000387. The van der Waals surface area contributed by atoms with Crippen molar-refractivity contribution in [1.82, 2.24) is 0 Å². The van der Waals surface area contributed by atoms with Crippen LogP contribution in [0, 0.1) is 0 Å². The van der Waals surface area contributed by atoms with Crippen LogP contribution in [0.2, 0.25) is 10.0 Å². The molecule has 0 aliphatic rings. The molecule has 23 heavy (non-hydrogen) atoms. The molecule has 0 saturated heterocycles. The molecule has 4 nitrogen and oxygen atoms in total.